The highest BCUT2D eigenvalue weighted by atomic mass is 19.1. The van der Waals surface area contributed by atoms with Crippen LogP contribution in [0.3, 0.4) is 0 Å². The molecule has 74 valence electrons. The van der Waals surface area contributed by atoms with Crippen molar-refractivity contribution in [1.82, 2.24) is 5.32 Å². The van der Waals surface area contributed by atoms with Gasteiger partial charge < -0.3 is 11.1 Å². The highest BCUT2D eigenvalue weighted by Crippen LogP contribution is 2.21. The van der Waals surface area contributed by atoms with Gasteiger partial charge in [0.1, 0.15) is 5.82 Å². The van der Waals surface area contributed by atoms with E-state index in [2.05, 4.69) is 10.3 Å². The molecule has 0 saturated heterocycles. The first-order valence-electron chi connectivity index (χ1n) is 4.49. The maximum Gasteiger partial charge on any atom is 0.189 e. The van der Waals surface area contributed by atoms with E-state index in [0.29, 0.717) is 12.5 Å². The van der Waals surface area contributed by atoms with Crippen molar-refractivity contribution in [3.05, 3.63) is 35.1 Å². The molecule has 0 spiro atoms. The number of benzene rings is 1. The molecule has 0 saturated carbocycles. The van der Waals surface area contributed by atoms with Gasteiger partial charge in [-0.05, 0) is 30.2 Å². The molecular formula is C10H12FN3. The van der Waals surface area contributed by atoms with Crippen molar-refractivity contribution in [2.24, 2.45) is 10.7 Å². The first kappa shape index (κ1) is 8.99. The number of nitrogens with one attached hydrogen (secondary N) is 1. The number of aryl methyl sites for hydroxylation is 1. The lowest BCUT2D eigenvalue weighted by Crippen LogP contribution is -2.29. The molecule has 1 heterocycles. The fourth-order valence-electron chi connectivity index (χ4n) is 1.62. The van der Waals surface area contributed by atoms with Gasteiger partial charge in [0.2, 0.25) is 0 Å². The molecule has 1 unspecified atom stereocenters. The van der Waals surface area contributed by atoms with Gasteiger partial charge in [-0.25, -0.2) is 4.39 Å². The molecule has 0 fully saturated rings. The molecule has 0 bridgehead atoms. The Hall–Kier alpha value is -1.58. The molecular weight excluding hydrogens is 181 g/mol. The van der Waals surface area contributed by atoms with Crippen LogP contribution in [0, 0.1) is 12.7 Å². The quantitative estimate of drug-likeness (QED) is 0.701. The Labute approximate surface area is 81.8 Å². The van der Waals surface area contributed by atoms with Crippen LogP contribution >= 0.6 is 0 Å². The summed E-state index contributed by atoms with van der Waals surface area (Å²) in [5.74, 6) is 0.205. The van der Waals surface area contributed by atoms with Gasteiger partial charge in [0, 0.05) is 0 Å². The third-order valence-corrected chi connectivity index (χ3v) is 2.38. The third-order valence-electron chi connectivity index (χ3n) is 2.38. The van der Waals surface area contributed by atoms with Gasteiger partial charge in [-0.1, -0.05) is 6.07 Å². The minimum absolute atomic E-state index is 0.0192. The minimum atomic E-state index is -0.224. The summed E-state index contributed by atoms with van der Waals surface area (Å²) >= 11 is 0. The van der Waals surface area contributed by atoms with Crippen molar-refractivity contribution in [3.8, 4) is 0 Å². The fraction of sp³-hybridized carbons (Fsp3) is 0.300. The molecule has 2 rings (SSSR count). The van der Waals surface area contributed by atoms with Gasteiger partial charge in [-0.15, -0.1) is 0 Å². The standard InChI is InChI=1S/C10H12FN3/c1-6-2-3-7(11)4-8(6)9-5-13-10(12)14-9/h2-4,9H,5H2,1H3,(H3,12,13,14). The fourth-order valence-corrected chi connectivity index (χ4v) is 1.62. The van der Waals surface area contributed by atoms with Crippen LogP contribution in [-0.2, 0) is 0 Å². The number of hydrogen-bond acceptors (Lipinski definition) is 3. The van der Waals surface area contributed by atoms with Gasteiger partial charge in [-0.3, -0.25) is 4.99 Å². The average molecular weight is 193 g/mol. The van der Waals surface area contributed by atoms with E-state index in [1.165, 1.54) is 12.1 Å². The summed E-state index contributed by atoms with van der Waals surface area (Å²) < 4.78 is 13.0. The van der Waals surface area contributed by atoms with Gasteiger partial charge in [0.05, 0.1) is 12.6 Å². The summed E-state index contributed by atoms with van der Waals surface area (Å²) in [5, 5.41) is 3.00. The molecule has 0 aromatic heterocycles. The van der Waals surface area contributed by atoms with Gasteiger partial charge in [0.15, 0.2) is 5.96 Å². The van der Waals surface area contributed by atoms with Crippen LogP contribution < -0.4 is 11.1 Å². The predicted molar refractivity (Wildman–Crippen MR) is 53.5 cm³/mol. The molecule has 1 aliphatic rings. The van der Waals surface area contributed by atoms with Crippen molar-refractivity contribution < 1.29 is 4.39 Å². The summed E-state index contributed by atoms with van der Waals surface area (Å²) in [5.41, 5.74) is 7.47. The van der Waals surface area contributed by atoms with Gasteiger partial charge in [-0.2, -0.15) is 0 Å². The van der Waals surface area contributed by atoms with E-state index in [9.17, 15) is 4.39 Å². The van der Waals surface area contributed by atoms with Crippen LogP contribution in [-0.4, -0.2) is 12.5 Å². The van der Waals surface area contributed by atoms with Crippen molar-refractivity contribution in [1.29, 1.82) is 0 Å². The summed E-state index contributed by atoms with van der Waals surface area (Å²) in [6.45, 7) is 2.53. The number of hydrogen-bond donors (Lipinski definition) is 2. The summed E-state index contributed by atoms with van der Waals surface area (Å²) in [6, 6.07) is 4.77. The lowest BCUT2D eigenvalue weighted by Gasteiger charge is -2.13. The van der Waals surface area contributed by atoms with Gasteiger partial charge in [0.25, 0.3) is 0 Å². The van der Waals surface area contributed by atoms with Crippen LogP contribution in [0.2, 0.25) is 0 Å². The van der Waals surface area contributed by atoms with E-state index in [-0.39, 0.29) is 11.9 Å². The van der Waals surface area contributed by atoms with Crippen molar-refractivity contribution in [2.75, 3.05) is 6.54 Å². The lowest BCUT2D eigenvalue weighted by molar-refractivity contribution is 0.616. The molecule has 0 radical (unpaired) electrons. The van der Waals surface area contributed by atoms with E-state index in [0.717, 1.165) is 11.1 Å². The van der Waals surface area contributed by atoms with Crippen LogP contribution in [0.15, 0.2) is 23.2 Å². The Morgan fingerprint density at radius 2 is 2.36 bits per heavy atom. The van der Waals surface area contributed by atoms with E-state index >= 15 is 0 Å². The molecule has 1 aliphatic heterocycles. The first-order chi connectivity index (χ1) is 6.66. The van der Waals surface area contributed by atoms with E-state index in [4.69, 9.17) is 5.73 Å². The largest absolute Gasteiger partial charge is 0.370 e. The van der Waals surface area contributed by atoms with Crippen molar-refractivity contribution in [3.63, 3.8) is 0 Å². The molecule has 1 aromatic rings. The Balaban J connectivity index is 2.28. The summed E-state index contributed by atoms with van der Waals surface area (Å²) in [7, 11) is 0. The molecule has 1 atom stereocenters. The second kappa shape index (κ2) is 3.29. The number of aliphatic imine (C=N–C) groups is 1. The number of rotatable bonds is 1. The predicted octanol–water partition coefficient (Wildman–Crippen LogP) is 1.09. The molecule has 14 heavy (non-hydrogen) atoms. The van der Waals surface area contributed by atoms with Crippen LogP contribution in [0.25, 0.3) is 0 Å². The van der Waals surface area contributed by atoms with Crippen LogP contribution in [0.1, 0.15) is 17.2 Å². The second-order valence-electron chi connectivity index (χ2n) is 3.42. The number of nitrogens with two attached hydrogens (primary N) is 1. The molecule has 4 heteroatoms. The molecule has 0 aliphatic carbocycles. The SMILES string of the molecule is Cc1ccc(F)cc1C1CN=C(N)N1. The van der Waals surface area contributed by atoms with Crippen LogP contribution in [0.5, 0.6) is 0 Å². The molecule has 3 N–H and O–H groups in total. The van der Waals surface area contributed by atoms with Crippen molar-refractivity contribution >= 4 is 5.96 Å². The maximum atomic E-state index is 13.0. The lowest BCUT2D eigenvalue weighted by atomic mass is 10.0. The topological polar surface area (TPSA) is 50.4 Å². The second-order valence-corrected chi connectivity index (χ2v) is 3.42. The Morgan fingerprint density at radius 3 is 3.00 bits per heavy atom. The number of guanidine groups is 1. The zero-order valence-electron chi connectivity index (χ0n) is 7.92. The number of nitrogens with zero attached hydrogens (tertiary/aromatic N) is 1. The smallest absolute Gasteiger partial charge is 0.189 e. The molecule has 1 aromatic carbocycles. The Morgan fingerprint density at radius 1 is 1.57 bits per heavy atom. The normalized spacial score (nSPS) is 20.4. The first-order valence-corrected chi connectivity index (χ1v) is 4.49. The van der Waals surface area contributed by atoms with Gasteiger partial charge >= 0.3 is 0 Å². The molecule has 0 amide bonds. The summed E-state index contributed by atoms with van der Waals surface area (Å²) in [6.07, 6.45) is 0. The van der Waals surface area contributed by atoms with Crippen LogP contribution in [0.4, 0.5) is 4.39 Å². The zero-order valence-corrected chi connectivity index (χ0v) is 7.92. The van der Waals surface area contributed by atoms with E-state index in [1.54, 1.807) is 6.07 Å². The highest BCUT2D eigenvalue weighted by molar-refractivity contribution is 5.80. The Bertz CT molecular complexity index is 387. The summed E-state index contributed by atoms with van der Waals surface area (Å²) in [4.78, 5) is 4.03. The van der Waals surface area contributed by atoms with E-state index in [1.807, 2.05) is 6.92 Å². The highest BCUT2D eigenvalue weighted by Gasteiger charge is 2.19. The van der Waals surface area contributed by atoms with E-state index < -0.39 is 0 Å². The average Bonchev–Trinajstić information content (AvgIpc) is 2.56. The zero-order chi connectivity index (χ0) is 10.1. The minimum Gasteiger partial charge on any atom is -0.370 e. The number of halogens is 1. The maximum absolute atomic E-state index is 13.0. The Kier molecular flexibility index (Phi) is 2.11. The third kappa shape index (κ3) is 1.55. The monoisotopic (exact) mass is 193 g/mol. The molecule has 3 nitrogen and oxygen atoms in total. The van der Waals surface area contributed by atoms with Crippen molar-refractivity contribution in [2.45, 2.75) is 13.0 Å².